The fraction of sp³-hybridized carbons (Fsp3) is 0.636. The fourth-order valence-electron chi connectivity index (χ4n) is 3.90. The molecule has 2 heterocycles. The van der Waals surface area contributed by atoms with E-state index in [0.717, 1.165) is 30.6 Å². The molecule has 0 spiro atoms. The fourth-order valence-corrected chi connectivity index (χ4v) is 3.90. The van der Waals surface area contributed by atoms with Crippen molar-refractivity contribution in [1.29, 1.82) is 0 Å². The lowest BCUT2D eigenvalue weighted by Crippen LogP contribution is -2.53. The second kappa shape index (κ2) is 8.95. The molecule has 2 amide bonds. The molecule has 0 bridgehead atoms. The van der Waals surface area contributed by atoms with Crippen LogP contribution in [0.4, 0.5) is 5.69 Å². The number of hydrogen-bond donors (Lipinski definition) is 1. The topological polar surface area (TPSA) is 61.9 Å². The molecule has 0 unspecified atom stereocenters. The number of nitrogens with one attached hydrogen (secondary N) is 1. The molecule has 1 aromatic rings. The normalized spacial score (nSPS) is 18.7. The molecule has 154 valence electrons. The van der Waals surface area contributed by atoms with Crippen molar-refractivity contribution < 1.29 is 14.3 Å². The second-order valence-corrected chi connectivity index (χ2v) is 8.40. The number of nitrogens with zero attached hydrogens (tertiary/aromatic N) is 2. The highest BCUT2D eigenvalue weighted by Gasteiger charge is 2.40. The van der Waals surface area contributed by atoms with Crippen LogP contribution in [0.1, 0.15) is 51.5 Å². The number of amides is 2. The third kappa shape index (κ3) is 5.04. The first-order valence-corrected chi connectivity index (χ1v) is 10.5. The summed E-state index contributed by atoms with van der Waals surface area (Å²) in [6.45, 7) is 10.2. The van der Waals surface area contributed by atoms with Gasteiger partial charge in [-0.1, -0.05) is 6.07 Å². The van der Waals surface area contributed by atoms with E-state index >= 15 is 0 Å². The van der Waals surface area contributed by atoms with E-state index in [9.17, 15) is 9.59 Å². The van der Waals surface area contributed by atoms with Gasteiger partial charge < -0.3 is 19.9 Å². The predicted molar refractivity (Wildman–Crippen MR) is 111 cm³/mol. The quantitative estimate of drug-likeness (QED) is 0.697. The summed E-state index contributed by atoms with van der Waals surface area (Å²) in [7, 11) is 0. The SMILES string of the molecule is Cc1ccc2c(c1)N(CCC(=O)NCCCCN1CCCC1)C(=O)C(C)(C)O2. The Morgan fingerprint density at radius 1 is 1.18 bits per heavy atom. The molecule has 1 aromatic carbocycles. The van der Waals surface area contributed by atoms with Crippen LogP contribution in [0, 0.1) is 6.92 Å². The largest absolute Gasteiger partial charge is 0.476 e. The highest BCUT2D eigenvalue weighted by Crippen LogP contribution is 2.38. The van der Waals surface area contributed by atoms with Crippen LogP contribution in [0.3, 0.4) is 0 Å². The van der Waals surface area contributed by atoms with Crippen molar-refractivity contribution in [2.45, 2.75) is 58.5 Å². The molecule has 2 aliphatic heterocycles. The van der Waals surface area contributed by atoms with Crippen LogP contribution in [0.2, 0.25) is 0 Å². The van der Waals surface area contributed by atoms with E-state index in [1.807, 2.05) is 25.1 Å². The molecule has 3 rings (SSSR count). The van der Waals surface area contributed by atoms with Gasteiger partial charge in [0.2, 0.25) is 5.91 Å². The van der Waals surface area contributed by atoms with E-state index in [2.05, 4.69) is 10.2 Å². The molecule has 1 fully saturated rings. The molecule has 0 atom stereocenters. The average molecular weight is 388 g/mol. The second-order valence-electron chi connectivity index (χ2n) is 8.40. The van der Waals surface area contributed by atoms with Gasteiger partial charge in [-0.2, -0.15) is 0 Å². The van der Waals surface area contributed by atoms with Gasteiger partial charge in [0.15, 0.2) is 5.60 Å². The first kappa shape index (κ1) is 20.6. The third-order valence-corrected chi connectivity index (χ3v) is 5.51. The van der Waals surface area contributed by atoms with Crippen LogP contribution in [-0.2, 0) is 9.59 Å². The maximum atomic E-state index is 12.8. The zero-order chi connectivity index (χ0) is 20.1. The molecule has 1 N–H and O–H groups in total. The number of likely N-dealkylation sites (tertiary alicyclic amines) is 1. The summed E-state index contributed by atoms with van der Waals surface area (Å²) in [4.78, 5) is 29.3. The zero-order valence-electron chi connectivity index (χ0n) is 17.4. The maximum Gasteiger partial charge on any atom is 0.270 e. The molecule has 1 saturated heterocycles. The van der Waals surface area contributed by atoms with Gasteiger partial charge in [-0.15, -0.1) is 0 Å². The summed E-state index contributed by atoms with van der Waals surface area (Å²) in [5.41, 5.74) is 0.888. The molecule has 0 aliphatic carbocycles. The van der Waals surface area contributed by atoms with Crippen LogP contribution >= 0.6 is 0 Å². The summed E-state index contributed by atoms with van der Waals surface area (Å²) in [5, 5.41) is 2.99. The predicted octanol–water partition coefficient (Wildman–Crippen LogP) is 2.88. The highest BCUT2D eigenvalue weighted by atomic mass is 16.5. The van der Waals surface area contributed by atoms with E-state index in [-0.39, 0.29) is 11.8 Å². The Hall–Kier alpha value is -2.08. The van der Waals surface area contributed by atoms with E-state index in [0.29, 0.717) is 25.3 Å². The van der Waals surface area contributed by atoms with Gasteiger partial charge in [-0.25, -0.2) is 0 Å². The third-order valence-electron chi connectivity index (χ3n) is 5.51. The number of fused-ring (bicyclic) bond motifs is 1. The average Bonchev–Trinajstić information content (AvgIpc) is 3.16. The Bertz CT molecular complexity index is 711. The summed E-state index contributed by atoms with van der Waals surface area (Å²) in [5.74, 6) is 0.578. The molecular formula is C22H33N3O3. The Labute approximate surface area is 168 Å². The van der Waals surface area contributed by atoms with Gasteiger partial charge in [-0.3, -0.25) is 9.59 Å². The summed E-state index contributed by atoms with van der Waals surface area (Å²) in [6.07, 6.45) is 5.03. The molecule has 0 aromatic heterocycles. The van der Waals surface area contributed by atoms with Crippen molar-refractivity contribution in [2.24, 2.45) is 0 Å². The Morgan fingerprint density at radius 3 is 2.68 bits per heavy atom. The van der Waals surface area contributed by atoms with Crippen LogP contribution in [-0.4, -0.2) is 55.0 Å². The van der Waals surface area contributed by atoms with Crippen molar-refractivity contribution in [2.75, 3.05) is 37.6 Å². The molecule has 28 heavy (non-hydrogen) atoms. The molecular weight excluding hydrogens is 354 g/mol. The minimum absolute atomic E-state index is 0.00697. The monoisotopic (exact) mass is 387 g/mol. The summed E-state index contributed by atoms with van der Waals surface area (Å²) in [6, 6.07) is 5.81. The van der Waals surface area contributed by atoms with Gasteiger partial charge in [-0.05, 0) is 83.8 Å². The summed E-state index contributed by atoms with van der Waals surface area (Å²) < 4.78 is 5.86. The van der Waals surface area contributed by atoms with Gasteiger partial charge in [0, 0.05) is 19.5 Å². The number of carbonyl (C=O) groups is 2. The van der Waals surface area contributed by atoms with Crippen LogP contribution in [0.15, 0.2) is 18.2 Å². The molecule has 0 saturated carbocycles. The van der Waals surface area contributed by atoms with Gasteiger partial charge >= 0.3 is 0 Å². The van der Waals surface area contributed by atoms with Crippen molar-refractivity contribution >= 4 is 17.5 Å². The number of benzene rings is 1. The van der Waals surface area contributed by atoms with Crippen LogP contribution < -0.4 is 15.0 Å². The smallest absolute Gasteiger partial charge is 0.270 e. The first-order valence-electron chi connectivity index (χ1n) is 10.5. The van der Waals surface area contributed by atoms with E-state index in [4.69, 9.17) is 4.74 Å². The minimum Gasteiger partial charge on any atom is -0.476 e. The number of ether oxygens (including phenoxy) is 1. The standard InChI is InChI=1S/C22H33N3O3/c1-17-8-9-19-18(16-17)25(21(27)22(2,3)28-19)15-10-20(26)23-11-4-5-12-24-13-6-7-14-24/h8-9,16H,4-7,10-15H2,1-3H3,(H,23,26). The van der Waals surface area contributed by atoms with Crippen molar-refractivity contribution in [3.63, 3.8) is 0 Å². The van der Waals surface area contributed by atoms with E-state index < -0.39 is 5.60 Å². The Kier molecular flexibility index (Phi) is 6.60. The van der Waals surface area contributed by atoms with Gasteiger partial charge in [0.25, 0.3) is 5.91 Å². The van der Waals surface area contributed by atoms with Crippen LogP contribution in [0.5, 0.6) is 5.75 Å². The molecule has 6 nitrogen and oxygen atoms in total. The van der Waals surface area contributed by atoms with Gasteiger partial charge in [0.1, 0.15) is 5.75 Å². The number of anilines is 1. The molecule has 6 heteroatoms. The van der Waals surface area contributed by atoms with E-state index in [1.54, 1.807) is 18.7 Å². The minimum atomic E-state index is -0.922. The van der Waals surface area contributed by atoms with Crippen molar-refractivity contribution in [3.8, 4) is 5.75 Å². The van der Waals surface area contributed by atoms with E-state index in [1.165, 1.54) is 25.9 Å². The van der Waals surface area contributed by atoms with Crippen molar-refractivity contribution in [1.82, 2.24) is 10.2 Å². The number of carbonyl (C=O) groups excluding carboxylic acids is 2. The Balaban J connectivity index is 1.47. The number of unbranched alkanes of at least 4 members (excludes halogenated alkanes) is 1. The van der Waals surface area contributed by atoms with Gasteiger partial charge in [0.05, 0.1) is 5.69 Å². The lowest BCUT2D eigenvalue weighted by atomic mass is 10.0. The number of rotatable bonds is 8. The zero-order valence-corrected chi connectivity index (χ0v) is 17.4. The lowest BCUT2D eigenvalue weighted by Gasteiger charge is -2.38. The Morgan fingerprint density at radius 2 is 1.93 bits per heavy atom. The maximum absolute atomic E-state index is 12.8. The number of aryl methyl sites for hydroxylation is 1. The summed E-state index contributed by atoms with van der Waals surface area (Å²) >= 11 is 0. The number of hydrogen-bond acceptors (Lipinski definition) is 4. The molecule has 0 radical (unpaired) electrons. The first-order chi connectivity index (χ1) is 13.4. The lowest BCUT2D eigenvalue weighted by molar-refractivity contribution is -0.132. The molecule has 2 aliphatic rings. The van der Waals surface area contributed by atoms with Crippen molar-refractivity contribution in [3.05, 3.63) is 23.8 Å². The highest BCUT2D eigenvalue weighted by molar-refractivity contribution is 6.02. The van der Waals surface area contributed by atoms with Crippen LogP contribution in [0.25, 0.3) is 0 Å².